The summed E-state index contributed by atoms with van der Waals surface area (Å²) in [6.45, 7) is 6.69. The van der Waals surface area contributed by atoms with Gasteiger partial charge in [0.2, 0.25) is 0 Å². The minimum Gasteiger partial charge on any atom is -0.462 e. The van der Waals surface area contributed by atoms with Crippen LogP contribution >= 0.6 is 0 Å². The van der Waals surface area contributed by atoms with Crippen LogP contribution in [-0.2, 0) is 28.6 Å². The highest BCUT2D eigenvalue weighted by Crippen LogP contribution is 2.20. The Morgan fingerprint density at radius 2 is 0.346 bits per heavy atom. The number of carbonyl (C=O) groups is 3. The van der Waals surface area contributed by atoms with Gasteiger partial charge in [0.05, 0.1) is 0 Å². The Morgan fingerprint density at radius 3 is 0.513 bits per heavy atom. The molecular formula is C72H140O6. The Kier molecular flexibility index (Phi) is 66.5. The van der Waals surface area contributed by atoms with E-state index >= 15 is 0 Å². The predicted molar refractivity (Wildman–Crippen MR) is 340 cm³/mol. The summed E-state index contributed by atoms with van der Waals surface area (Å²) in [5.74, 6) is -0.833. The van der Waals surface area contributed by atoms with Gasteiger partial charge in [-0.1, -0.05) is 387 Å². The number of hydrogen-bond acceptors (Lipinski definition) is 6. The molecule has 0 fully saturated rings. The molecule has 0 amide bonds. The zero-order valence-corrected chi connectivity index (χ0v) is 53.5. The number of ether oxygens (including phenoxy) is 3. The molecule has 78 heavy (non-hydrogen) atoms. The van der Waals surface area contributed by atoms with Crippen LogP contribution in [0, 0.1) is 0 Å². The first-order valence-corrected chi connectivity index (χ1v) is 36.0. The van der Waals surface area contributed by atoms with E-state index in [4.69, 9.17) is 14.2 Å². The molecule has 0 saturated carbocycles. The van der Waals surface area contributed by atoms with Crippen molar-refractivity contribution in [3.05, 3.63) is 0 Å². The second-order valence-electron chi connectivity index (χ2n) is 24.9. The third kappa shape index (κ3) is 65.2. The fraction of sp³-hybridized carbons (Fsp3) is 0.958. The first-order valence-electron chi connectivity index (χ1n) is 36.0. The van der Waals surface area contributed by atoms with E-state index in [1.54, 1.807) is 0 Å². The van der Waals surface area contributed by atoms with E-state index in [0.29, 0.717) is 19.3 Å². The third-order valence-electron chi connectivity index (χ3n) is 16.9. The van der Waals surface area contributed by atoms with E-state index in [-0.39, 0.29) is 31.1 Å². The summed E-state index contributed by atoms with van der Waals surface area (Å²) in [4.78, 5) is 38.2. The number of hydrogen-bond donors (Lipinski definition) is 0. The highest BCUT2D eigenvalue weighted by Gasteiger charge is 2.20. The molecular weight excluding hydrogens is 961 g/mol. The number of carbonyl (C=O) groups excluding carboxylic acids is 3. The van der Waals surface area contributed by atoms with Crippen LogP contribution in [0.15, 0.2) is 0 Å². The van der Waals surface area contributed by atoms with Gasteiger partial charge in [-0.15, -0.1) is 0 Å². The third-order valence-corrected chi connectivity index (χ3v) is 16.9. The fourth-order valence-electron chi connectivity index (χ4n) is 11.5. The lowest BCUT2D eigenvalue weighted by Gasteiger charge is -2.18. The maximum atomic E-state index is 12.9. The Hall–Kier alpha value is -1.59. The first kappa shape index (κ1) is 76.4. The summed E-state index contributed by atoms with van der Waals surface area (Å²) in [5, 5.41) is 0. The maximum Gasteiger partial charge on any atom is 0.306 e. The lowest BCUT2D eigenvalue weighted by molar-refractivity contribution is -0.167. The molecule has 6 nitrogen and oxygen atoms in total. The van der Waals surface area contributed by atoms with Crippen LogP contribution in [0.2, 0.25) is 0 Å². The SMILES string of the molecule is CCCCCCCCCCCCCCCCCCCCCCCCCCCCCCCCCC(=O)OCC(COC(=O)CCCCCCCCC)OC(=O)CCCCCCCCCCCCCCCCCCCCCCCC. The van der Waals surface area contributed by atoms with Crippen LogP contribution in [0.3, 0.4) is 0 Å². The van der Waals surface area contributed by atoms with Crippen molar-refractivity contribution >= 4 is 17.9 Å². The van der Waals surface area contributed by atoms with Gasteiger partial charge in [0, 0.05) is 19.3 Å². The topological polar surface area (TPSA) is 78.9 Å². The number of rotatable bonds is 68. The monoisotopic (exact) mass is 1100 g/mol. The largest absolute Gasteiger partial charge is 0.462 e. The van der Waals surface area contributed by atoms with Crippen LogP contribution in [0.1, 0.15) is 425 Å². The lowest BCUT2D eigenvalue weighted by atomic mass is 10.0. The average Bonchev–Trinajstić information content (AvgIpc) is 3.44. The molecule has 0 radical (unpaired) electrons. The van der Waals surface area contributed by atoms with Gasteiger partial charge in [-0.05, 0) is 19.3 Å². The molecule has 1 atom stereocenters. The van der Waals surface area contributed by atoms with Gasteiger partial charge in [0.25, 0.3) is 0 Å². The molecule has 0 N–H and O–H groups in total. The molecule has 464 valence electrons. The van der Waals surface area contributed by atoms with Crippen molar-refractivity contribution in [2.45, 2.75) is 431 Å². The van der Waals surface area contributed by atoms with E-state index in [0.717, 1.165) is 57.8 Å². The summed E-state index contributed by atoms with van der Waals surface area (Å²) >= 11 is 0. The number of unbranched alkanes of at least 4 members (excludes halogenated alkanes) is 57. The summed E-state index contributed by atoms with van der Waals surface area (Å²) in [7, 11) is 0. The van der Waals surface area contributed by atoms with Crippen molar-refractivity contribution in [2.75, 3.05) is 13.2 Å². The van der Waals surface area contributed by atoms with Gasteiger partial charge in [-0.2, -0.15) is 0 Å². The highest BCUT2D eigenvalue weighted by molar-refractivity contribution is 5.71. The van der Waals surface area contributed by atoms with Crippen LogP contribution in [-0.4, -0.2) is 37.2 Å². The molecule has 0 heterocycles. The van der Waals surface area contributed by atoms with E-state index in [1.807, 2.05) is 0 Å². The van der Waals surface area contributed by atoms with Crippen molar-refractivity contribution in [1.82, 2.24) is 0 Å². The van der Waals surface area contributed by atoms with Crippen LogP contribution in [0.4, 0.5) is 0 Å². The molecule has 0 aliphatic rings. The molecule has 1 unspecified atom stereocenters. The van der Waals surface area contributed by atoms with Crippen molar-refractivity contribution < 1.29 is 28.6 Å². The van der Waals surface area contributed by atoms with E-state index in [9.17, 15) is 14.4 Å². The molecule has 6 heteroatoms. The smallest absolute Gasteiger partial charge is 0.306 e. The second-order valence-corrected chi connectivity index (χ2v) is 24.9. The molecule has 0 rings (SSSR count). The molecule has 0 aliphatic heterocycles. The quantitative estimate of drug-likeness (QED) is 0.0343. The minimum absolute atomic E-state index is 0.0613. The fourth-order valence-corrected chi connectivity index (χ4v) is 11.5. The molecule has 0 aromatic heterocycles. The summed E-state index contributed by atoms with van der Waals surface area (Å²) in [5.41, 5.74) is 0. The second kappa shape index (κ2) is 67.9. The Bertz CT molecular complexity index is 1170. The molecule has 0 spiro atoms. The Morgan fingerprint density at radius 1 is 0.205 bits per heavy atom. The summed E-state index contributed by atoms with van der Waals surface area (Å²) < 4.78 is 16.9. The zero-order valence-electron chi connectivity index (χ0n) is 53.5. The van der Waals surface area contributed by atoms with Crippen LogP contribution in [0.5, 0.6) is 0 Å². The Balaban J connectivity index is 3.95. The van der Waals surface area contributed by atoms with E-state index in [1.165, 1.54) is 327 Å². The van der Waals surface area contributed by atoms with Crippen molar-refractivity contribution in [3.8, 4) is 0 Å². The Labute approximate surface area is 488 Å². The first-order chi connectivity index (χ1) is 38.5. The van der Waals surface area contributed by atoms with Crippen LogP contribution < -0.4 is 0 Å². The average molecular weight is 1100 g/mol. The molecule has 0 aromatic carbocycles. The van der Waals surface area contributed by atoms with E-state index in [2.05, 4.69) is 20.8 Å². The summed E-state index contributed by atoms with van der Waals surface area (Å²) in [6.07, 6.45) is 80.4. The van der Waals surface area contributed by atoms with Gasteiger partial charge in [-0.25, -0.2) is 0 Å². The zero-order chi connectivity index (χ0) is 56.4. The van der Waals surface area contributed by atoms with Crippen molar-refractivity contribution in [2.24, 2.45) is 0 Å². The van der Waals surface area contributed by atoms with Gasteiger partial charge in [-0.3, -0.25) is 14.4 Å². The van der Waals surface area contributed by atoms with Gasteiger partial charge in [0.1, 0.15) is 13.2 Å². The van der Waals surface area contributed by atoms with E-state index < -0.39 is 6.10 Å². The van der Waals surface area contributed by atoms with Crippen LogP contribution in [0.25, 0.3) is 0 Å². The van der Waals surface area contributed by atoms with Crippen molar-refractivity contribution in [3.63, 3.8) is 0 Å². The molecule has 0 bridgehead atoms. The highest BCUT2D eigenvalue weighted by atomic mass is 16.6. The summed E-state index contributed by atoms with van der Waals surface area (Å²) in [6, 6.07) is 0. The minimum atomic E-state index is -0.762. The normalized spacial score (nSPS) is 11.9. The molecule has 0 aromatic rings. The molecule has 0 saturated heterocycles. The lowest BCUT2D eigenvalue weighted by Crippen LogP contribution is -2.30. The number of esters is 3. The maximum absolute atomic E-state index is 12.9. The predicted octanol–water partition coefficient (Wildman–Crippen LogP) is 24.6. The van der Waals surface area contributed by atoms with Gasteiger partial charge >= 0.3 is 17.9 Å². The molecule has 0 aliphatic carbocycles. The van der Waals surface area contributed by atoms with Gasteiger partial charge < -0.3 is 14.2 Å². The van der Waals surface area contributed by atoms with Gasteiger partial charge in [0.15, 0.2) is 6.10 Å². The standard InChI is InChI=1S/C72H140O6/c1-4-7-10-13-16-18-20-22-24-26-28-30-32-33-34-35-36-37-38-39-40-42-43-45-47-49-51-53-56-59-62-65-71(74)77-68-69(67-76-70(73)64-61-58-55-15-12-9-6-3)78-72(75)66-63-60-57-54-52-50-48-46-44-41-31-29-27-25-23-21-19-17-14-11-8-5-2/h69H,4-68H2,1-3H3. The van der Waals surface area contributed by atoms with Crippen molar-refractivity contribution in [1.29, 1.82) is 0 Å².